The van der Waals surface area contributed by atoms with E-state index < -0.39 is 12.8 Å². The van der Waals surface area contributed by atoms with E-state index in [4.69, 9.17) is 0 Å². The number of alkyl halides is 4. The lowest BCUT2D eigenvalue weighted by molar-refractivity contribution is -0.174. The van der Waals surface area contributed by atoms with Crippen LogP contribution in [0.5, 0.6) is 0 Å². The standard InChI is InChI=1S/C10H18BrF3O/c1-9(2,3)8(11)5-4-6-15-7-10(12,13)14/h8H,4-7H2,1-3H3. The quantitative estimate of drug-likeness (QED) is 0.546. The maximum absolute atomic E-state index is 11.7. The second kappa shape index (κ2) is 6.09. The second-order valence-electron chi connectivity index (χ2n) is 4.64. The van der Waals surface area contributed by atoms with E-state index in [-0.39, 0.29) is 12.0 Å². The summed E-state index contributed by atoms with van der Waals surface area (Å²) in [6.07, 6.45) is -2.75. The van der Waals surface area contributed by atoms with Gasteiger partial charge < -0.3 is 4.74 Å². The van der Waals surface area contributed by atoms with Gasteiger partial charge in [-0.25, -0.2) is 0 Å². The van der Waals surface area contributed by atoms with Crippen LogP contribution in [0.2, 0.25) is 0 Å². The Bertz CT molecular complexity index is 174. The Kier molecular flexibility index (Phi) is 6.18. The zero-order valence-corrected chi connectivity index (χ0v) is 10.9. The SMILES string of the molecule is CC(C)(C)C(Br)CCCOCC(F)(F)F. The first kappa shape index (κ1) is 15.2. The molecule has 0 aromatic carbocycles. The lowest BCUT2D eigenvalue weighted by Crippen LogP contribution is -2.21. The molecule has 92 valence electrons. The van der Waals surface area contributed by atoms with E-state index in [0.717, 1.165) is 6.42 Å². The first-order valence-electron chi connectivity index (χ1n) is 4.91. The second-order valence-corrected chi connectivity index (χ2v) is 5.75. The molecule has 0 aliphatic heterocycles. The highest BCUT2D eigenvalue weighted by Gasteiger charge is 2.27. The van der Waals surface area contributed by atoms with Crippen LogP contribution in [0.3, 0.4) is 0 Å². The minimum Gasteiger partial charge on any atom is -0.372 e. The maximum atomic E-state index is 11.7. The van der Waals surface area contributed by atoms with Gasteiger partial charge in [0, 0.05) is 11.4 Å². The summed E-state index contributed by atoms with van der Waals surface area (Å²) in [4.78, 5) is 0.305. The molecule has 15 heavy (non-hydrogen) atoms. The molecule has 0 N–H and O–H groups in total. The molecule has 5 heteroatoms. The Morgan fingerprint density at radius 2 is 1.73 bits per heavy atom. The smallest absolute Gasteiger partial charge is 0.372 e. The minimum absolute atomic E-state index is 0.129. The molecule has 0 heterocycles. The fraction of sp³-hybridized carbons (Fsp3) is 1.00. The van der Waals surface area contributed by atoms with Gasteiger partial charge in [-0.3, -0.25) is 0 Å². The molecule has 0 aromatic rings. The van der Waals surface area contributed by atoms with Crippen LogP contribution in [0.4, 0.5) is 13.2 Å². The Balaban J connectivity index is 3.48. The molecule has 0 fully saturated rings. The number of halogens is 4. The van der Waals surface area contributed by atoms with E-state index in [1.807, 2.05) is 0 Å². The van der Waals surface area contributed by atoms with E-state index in [0.29, 0.717) is 11.2 Å². The van der Waals surface area contributed by atoms with Crippen LogP contribution < -0.4 is 0 Å². The van der Waals surface area contributed by atoms with E-state index in [1.54, 1.807) is 0 Å². The van der Waals surface area contributed by atoms with Gasteiger partial charge >= 0.3 is 6.18 Å². The monoisotopic (exact) mass is 290 g/mol. The molecule has 0 saturated heterocycles. The van der Waals surface area contributed by atoms with Crippen molar-refractivity contribution in [2.24, 2.45) is 5.41 Å². The molecular weight excluding hydrogens is 273 g/mol. The molecule has 1 nitrogen and oxygen atoms in total. The molecular formula is C10H18BrF3O. The Labute approximate surface area is 97.5 Å². The highest BCUT2D eigenvalue weighted by molar-refractivity contribution is 9.09. The van der Waals surface area contributed by atoms with Crippen molar-refractivity contribution in [2.45, 2.75) is 44.6 Å². The van der Waals surface area contributed by atoms with Gasteiger partial charge in [0.05, 0.1) is 0 Å². The van der Waals surface area contributed by atoms with Gasteiger partial charge in [-0.1, -0.05) is 36.7 Å². The van der Waals surface area contributed by atoms with E-state index in [9.17, 15) is 13.2 Å². The Morgan fingerprint density at radius 1 is 1.20 bits per heavy atom. The van der Waals surface area contributed by atoms with Crippen molar-refractivity contribution in [3.05, 3.63) is 0 Å². The summed E-state index contributed by atoms with van der Waals surface area (Å²) >= 11 is 3.51. The third-order valence-electron chi connectivity index (χ3n) is 1.95. The molecule has 0 aliphatic rings. The third kappa shape index (κ3) is 9.18. The summed E-state index contributed by atoms with van der Waals surface area (Å²) in [5.41, 5.74) is 0.129. The molecule has 1 atom stereocenters. The fourth-order valence-corrected chi connectivity index (χ4v) is 1.31. The lowest BCUT2D eigenvalue weighted by Gasteiger charge is -2.25. The summed E-state index contributed by atoms with van der Waals surface area (Å²) in [5.74, 6) is 0. The topological polar surface area (TPSA) is 9.23 Å². The van der Waals surface area contributed by atoms with Crippen LogP contribution in [0, 0.1) is 5.41 Å². The summed E-state index contributed by atoms with van der Waals surface area (Å²) < 4.78 is 39.6. The molecule has 0 rings (SSSR count). The first-order chi connectivity index (χ1) is 6.63. The van der Waals surface area contributed by atoms with E-state index >= 15 is 0 Å². The van der Waals surface area contributed by atoms with Crippen molar-refractivity contribution in [1.82, 2.24) is 0 Å². The maximum Gasteiger partial charge on any atom is 0.411 e. The molecule has 1 unspecified atom stereocenters. The summed E-state index contributed by atoms with van der Waals surface area (Å²) in [5, 5.41) is 0. The average Bonchev–Trinajstić information content (AvgIpc) is 1.99. The van der Waals surface area contributed by atoms with Crippen molar-refractivity contribution < 1.29 is 17.9 Å². The molecule has 0 aromatic heterocycles. The first-order valence-corrected chi connectivity index (χ1v) is 5.83. The van der Waals surface area contributed by atoms with Gasteiger partial charge in [-0.15, -0.1) is 0 Å². The van der Waals surface area contributed by atoms with Gasteiger partial charge in [0.25, 0.3) is 0 Å². The van der Waals surface area contributed by atoms with Gasteiger partial charge in [-0.2, -0.15) is 13.2 Å². The molecule has 0 spiro atoms. The van der Waals surface area contributed by atoms with E-state index in [1.165, 1.54) is 0 Å². The molecule has 0 bridgehead atoms. The van der Waals surface area contributed by atoms with E-state index in [2.05, 4.69) is 41.4 Å². The van der Waals surface area contributed by atoms with Crippen LogP contribution in [-0.2, 0) is 4.74 Å². The predicted octanol–water partition coefficient (Wildman–Crippen LogP) is 4.16. The third-order valence-corrected chi connectivity index (χ3v) is 3.78. The van der Waals surface area contributed by atoms with Crippen LogP contribution in [0.1, 0.15) is 33.6 Å². The fourth-order valence-electron chi connectivity index (χ4n) is 0.986. The largest absolute Gasteiger partial charge is 0.411 e. The average molecular weight is 291 g/mol. The molecule has 0 amide bonds. The van der Waals surface area contributed by atoms with Gasteiger partial charge in [0.15, 0.2) is 0 Å². The molecule has 0 radical (unpaired) electrons. The Morgan fingerprint density at radius 3 is 2.13 bits per heavy atom. The number of hydrogen-bond donors (Lipinski definition) is 0. The zero-order valence-electron chi connectivity index (χ0n) is 9.33. The van der Waals surface area contributed by atoms with Crippen LogP contribution in [0.15, 0.2) is 0 Å². The lowest BCUT2D eigenvalue weighted by atomic mass is 9.90. The number of hydrogen-bond acceptors (Lipinski definition) is 1. The van der Waals surface area contributed by atoms with Crippen molar-refractivity contribution in [3.8, 4) is 0 Å². The van der Waals surface area contributed by atoms with Crippen molar-refractivity contribution in [2.75, 3.05) is 13.2 Å². The van der Waals surface area contributed by atoms with Crippen molar-refractivity contribution >= 4 is 15.9 Å². The summed E-state index contributed by atoms with van der Waals surface area (Å²) in [6.45, 7) is 5.28. The van der Waals surface area contributed by atoms with Crippen LogP contribution in [0.25, 0.3) is 0 Å². The normalized spacial score (nSPS) is 15.4. The predicted molar refractivity (Wildman–Crippen MR) is 58.3 cm³/mol. The highest BCUT2D eigenvalue weighted by atomic mass is 79.9. The van der Waals surface area contributed by atoms with Crippen LogP contribution >= 0.6 is 15.9 Å². The minimum atomic E-state index is -4.21. The van der Waals surface area contributed by atoms with Crippen molar-refractivity contribution in [1.29, 1.82) is 0 Å². The summed E-state index contributed by atoms with van der Waals surface area (Å²) in [7, 11) is 0. The van der Waals surface area contributed by atoms with Gasteiger partial charge in [0.1, 0.15) is 6.61 Å². The summed E-state index contributed by atoms with van der Waals surface area (Å²) in [6, 6.07) is 0. The molecule has 0 aliphatic carbocycles. The van der Waals surface area contributed by atoms with Crippen molar-refractivity contribution in [3.63, 3.8) is 0 Å². The van der Waals surface area contributed by atoms with Gasteiger partial charge in [-0.05, 0) is 18.3 Å². The number of ether oxygens (including phenoxy) is 1. The number of rotatable bonds is 5. The highest BCUT2D eigenvalue weighted by Crippen LogP contribution is 2.29. The zero-order chi connectivity index (χ0) is 12.1. The molecule has 0 saturated carbocycles. The van der Waals surface area contributed by atoms with Gasteiger partial charge in [0.2, 0.25) is 0 Å². The van der Waals surface area contributed by atoms with Crippen LogP contribution in [-0.4, -0.2) is 24.2 Å². The Hall–Kier alpha value is 0.230.